The predicted molar refractivity (Wildman–Crippen MR) is 152 cm³/mol. The van der Waals surface area contributed by atoms with E-state index in [0.717, 1.165) is 17.1 Å². The number of anilines is 1. The minimum Gasteiger partial charge on any atom is -0.493 e. The highest BCUT2D eigenvalue weighted by atomic mass is 35.5. The Balaban J connectivity index is 1.43. The number of carbonyl (C=O) groups is 1. The van der Waals surface area contributed by atoms with Gasteiger partial charge in [-0.3, -0.25) is 9.69 Å². The summed E-state index contributed by atoms with van der Waals surface area (Å²) in [4.78, 5) is 15.0. The second kappa shape index (κ2) is 10.2. The molecule has 37 heavy (non-hydrogen) atoms. The summed E-state index contributed by atoms with van der Waals surface area (Å²) >= 11 is 12.7. The van der Waals surface area contributed by atoms with Crippen molar-refractivity contribution >= 4 is 78.5 Å². The summed E-state index contributed by atoms with van der Waals surface area (Å²) in [6, 6.07) is 23.8. The van der Waals surface area contributed by atoms with Crippen molar-refractivity contribution in [3.05, 3.63) is 100 Å². The van der Waals surface area contributed by atoms with Crippen LogP contribution in [-0.4, -0.2) is 25.8 Å². The SMILES string of the molecule is COc1cc(/C=C2/SC(=S)N(c3cccc(Cl)c3)C2=O)ccc1OS(=O)(=O)c1cccc2ccccc12. The molecule has 0 unspecified atom stereocenters. The Hall–Kier alpha value is -3.37. The number of carbonyl (C=O) groups excluding carboxylic acids is 1. The van der Waals surface area contributed by atoms with Crippen LogP contribution in [0.1, 0.15) is 5.56 Å². The zero-order valence-corrected chi connectivity index (χ0v) is 22.5. The largest absolute Gasteiger partial charge is 0.493 e. The highest BCUT2D eigenvalue weighted by Crippen LogP contribution is 2.38. The van der Waals surface area contributed by atoms with Crippen LogP contribution in [-0.2, 0) is 14.9 Å². The van der Waals surface area contributed by atoms with Crippen molar-refractivity contribution in [2.75, 3.05) is 12.0 Å². The Labute approximate surface area is 228 Å². The minimum atomic E-state index is -4.15. The molecule has 0 atom stereocenters. The van der Waals surface area contributed by atoms with Crippen LogP contribution in [0.4, 0.5) is 5.69 Å². The Morgan fingerprint density at radius 3 is 2.49 bits per heavy atom. The van der Waals surface area contributed by atoms with E-state index in [1.165, 1.54) is 24.1 Å². The molecule has 1 saturated heterocycles. The van der Waals surface area contributed by atoms with Gasteiger partial charge in [0, 0.05) is 10.4 Å². The van der Waals surface area contributed by atoms with E-state index in [2.05, 4.69) is 0 Å². The lowest BCUT2D eigenvalue weighted by Crippen LogP contribution is -2.27. The highest BCUT2D eigenvalue weighted by molar-refractivity contribution is 8.27. The Kier molecular flexibility index (Phi) is 6.96. The first-order chi connectivity index (χ1) is 17.8. The summed E-state index contributed by atoms with van der Waals surface area (Å²) in [5, 5.41) is 1.83. The zero-order chi connectivity index (χ0) is 26.2. The number of benzene rings is 4. The standard InChI is InChI=1S/C27H18ClNO5S3/c1-33-23-14-17(15-24-26(30)29(27(35)36-24)20-9-5-8-19(28)16-20)12-13-22(23)34-37(31,32)25-11-4-7-18-6-2-3-10-21(18)25/h2-16H,1H3/b24-15+. The number of hydrogen-bond donors (Lipinski definition) is 0. The summed E-state index contributed by atoms with van der Waals surface area (Å²) < 4.78 is 37.6. The van der Waals surface area contributed by atoms with E-state index in [1.807, 2.05) is 18.2 Å². The molecule has 1 fully saturated rings. The third-order valence-electron chi connectivity index (χ3n) is 5.56. The van der Waals surface area contributed by atoms with Crippen LogP contribution in [0.2, 0.25) is 5.02 Å². The average molecular weight is 568 g/mol. The number of nitrogens with zero attached hydrogens (tertiary/aromatic N) is 1. The summed E-state index contributed by atoms with van der Waals surface area (Å²) in [5.74, 6) is -0.0583. The number of rotatable bonds is 6. The van der Waals surface area contributed by atoms with Gasteiger partial charge in [0.2, 0.25) is 0 Å². The van der Waals surface area contributed by atoms with Gasteiger partial charge in [0.05, 0.1) is 17.7 Å². The number of hydrogen-bond acceptors (Lipinski definition) is 7. The molecule has 4 aromatic carbocycles. The van der Waals surface area contributed by atoms with E-state index in [4.69, 9.17) is 32.7 Å². The van der Waals surface area contributed by atoms with Crippen LogP contribution >= 0.6 is 35.6 Å². The molecule has 10 heteroatoms. The van der Waals surface area contributed by atoms with Crippen molar-refractivity contribution in [2.24, 2.45) is 0 Å². The molecule has 1 heterocycles. The monoisotopic (exact) mass is 567 g/mol. The van der Waals surface area contributed by atoms with Crippen molar-refractivity contribution < 1.29 is 22.1 Å². The maximum absolute atomic E-state index is 13.2. The lowest BCUT2D eigenvalue weighted by Gasteiger charge is -2.14. The van der Waals surface area contributed by atoms with Crippen molar-refractivity contribution in [1.82, 2.24) is 0 Å². The predicted octanol–water partition coefficient (Wildman–Crippen LogP) is 6.68. The van der Waals surface area contributed by atoms with Crippen molar-refractivity contribution in [3.63, 3.8) is 0 Å². The van der Waals surface area contributed by atoms with Gasteiger partial charge in [-0.2, -0.15) is 8.42 Å². The third kappa shape index (κ3) is 5.08. The molecule has 4 aromatic rings. The number of amides is 1. The Morgan fingerprint density at radius 2 is 1.70 bits per heavy atom. The van der Waals surface area contributed by atoms with Gasteiger partial charge in [0.15, 0.2) is 15.8 Å². The second-order valence-corrected chi connectivity index (χ2v) is 11.5. The van der Waals surface area contributed by atoms with E-state index >= 15 is 0 Å². The molecular formula is C27H18ClNO5S3. The van der Waals surface area contributed by atoms with E-state index in [9.17, 15) is 13.2 Å². The van der Waals surface area contributed by atoms with Gasteiger partial charge in [-0.05, 0) is 53.4 Å². The van der Waals surface area contributed by atoms with Crippen LogP contribution in [0.3, 0.4) is 0 Å². The van der Waals surface area contributed by atoms with Crippen LogP contribution < -0.4 is 13.8 Å². The third-order valence-corrected chi connectivity index (χ3v) is 8.39. The molecule has 0 aliphatic carbocycles. The van der Waals surface area contributed by atoms with Crippen LogP contribution in [0.25, 0.3) is 16.8 Å². The number of halogens is 1. The summed E-state index contributed by atoms with van der Waals surface area (Å²) in [5.41, 5.74) is 1.19. The fraction of sp³-hybridized carbons (Fsp3) is 0.0370. The number of thiocarbonyl (C=S) groups is 1. The fourth-order valence-corrected chi connectivity index (χ4v) is 6.52. The molecule has 0 saturated carbocycles. The first-order valence-electron chi connectivity index (χ1n) is 10.9. The maximum Gasteiger partial charge on any atom is 0.339 e. The average Bonchev–Trinajstić information content (AvgIpc) is 3.16. The molecule has 0 radical (unpaired) electrons. The van der Waals surface area contributed by atoms with E-state index in [0.29, 0.717) is 30.9 Å². The highest BCUT2D eigenvalue weighted by Gasteiger charge is 2.33. The normalized spacial score (nSPS) is 15.0. The van der Waals surface area contributed by atoms with Crippen molar-refractivity contribution in [2.45, 2.75) is 4.90 Å². The second-order valence-electron chi connectivity index (χ2n) is 7.92. The van der Waals surface area contributed by atoms with Gasteiger partial charge < -0.3 is 8.92 Å². The molecule has 1 aliphatic heterocycles. The minimum absolute atomic E-state index is 0.0269. The van der Waals surface area contributed by atoms with E-state index < -0.39 is 10.1 Å². The Morgan fingerprint density at radius 1 is 0.946 bits per heavy atom. The molecule has 1 amide bonds. The van der Waals surface area contributed by atoms with Crippen molar-refractivity contribution in [3.8, 4) is 11.5 Å². The smallest absolute Gasteiger partial charge is 0.339 e. The molecule has 0 N–H and O–H groups in total. The van der Waals surface area contributed by atoms with Crippen molar-refractivity contribution in [1.29, 1.82) is 0 Å². The topological polar surface area (TPSA) is 72.9 Å². The number of fused-ring (bicyclic) bond motifs is 1. The quantitative estimate of drug-likeness (QED) is 0.146. The van der Waals surface area contributed by atoms with Gasteiger partial charge >= 0.3 is 10.1 Å². The summed E-state index contributed by atoms with van der Waals surface area (Å²) in [6.07, 6.45) is 1.66. The van der Waals surface area contributed by atoms with Crippen LogP contribution in [0.15, 0.2) is 94.7 Å². The van der Waals surface area contributed by atoms with E-state index in [1.54, 1.807) is 60.7 Å². The molecule has 1 aliphatic rings. The first kappa shape index (κ1) is 25.3. The molecule has 6 nitrogen and oxygen atoms in total. The maximum atomic E-state index is 13.2. The summed E-state index contributed by atoms with van der Waals surface area (Å²) in [6.45, 7) is 0. The number of methoxy groups -OCH3 is 1. The zero-order valence-electron chi connectivity index (χ0n) is 19.3. The van der Waals surface area contributed by atoms with Crippen LogP contribution in [0, 0.1) is 0 Å². The van der Waals surface area contributed by atoms with Gasteiger partial charge in [-0.1, -0.05) is 84.1 Å². The fourth-order valence-electron chi connectivity index (χ4n) is 3.88. The molecular weight excluding hydrogens is 550 g/mol. The van der Waals surface area contributed by atoms with Gasteiger partial charge in [-0.15, -0.1) is 0 Å². The van der Waals surface area contributed by atoms with Gasteiger partial charge in [-0.25, -0.2) is 0 Å². The Bertz CT molecular complexity index is 1700. The molecule has 0 spiro atoms. The first-order valence-corrected chi connectivity index (χ1v) is 13.9. The number of ether oxygens (including phenoxy) is 1. The van der Waals surface area contributed by atoms with Gasteiger partial charge in [0.1, 0.15) is 4.90 Å². The summed E-state index contributed by atoms with van der Waals surface area (Å²) in [7, 11) is -2.74. The number of thioether (sulfide) groups is 1. The lowest BCUT2D eigenvalue weighted by atomic mass is 10.1. The molecule has 0 aromatic heterocycles. The molecule has 186 valence electrons. The van der Waals surface area contributed by atoms with E-state index in [-0.39, 0.29) is 22.3 Å². The molecule has 0 bridgehead atoms. The molecule has 5 rings (SSSR count). The van der Waals surface area contributed by atoms with Crippen LogP contribution in [0.5, 0.6) is 11.5 Å². The lowest BCUT2D eigenvalue weighted by molar-refractivity contribution is -0.113. The van der Waals surface area contributed by atoms with Gasteiger partial charge in [0.25, 0.3) is 5.91 Å².